The first kappa shape index (κ1) is 10.5. The Morgan fingerprint density at radius 3 is 2.64 bits per heavy atom. The fraction of sp³-hybridized carbons (Fsp3) is 0.250. The molecule has 0 saturated heterocycles. The van der Waals surface area contributed by atoms with Gasteiger partial charge in [0.05, 0.1) is 6.61 Å². The summed E-state index contributed by atoms with van der Waals surface area (Å²) in [7, 11) is 0. The molecule has 1 N–H and O–H groups in total. The fourth-order valence-corrected chi connectivity index (χ4v) is 0.921. The second-order valence-corrected chi connectivity index (χ2v) is 2.44. The Labute approximate surface area is 77.4 Å². The Bertz CT molecular complexity index is 387. The zero-order chi connectivity index (χ0) is 10.7. The van der Waals surface area contributed by atoms with Gasteiger partial charge in [-0.25, -0.2) is 18.2 Å². The summed E-state index contributed by atoms with van der Waals surface area (Å²) in [6.07, 6.45) is -3.10. The van der Waals surface area contributed by atoms with Crippen LogP contribution in [0.4, 0.5) is 13.2 Å². The highest BCUT2D eigenvalue weighted by Gasteiger charge is 2.19. The molecule has 6 heteroatoms. The van der Waals surface area contributed by atoms with Gasteiger partial charge in [-0.2, -0.15) is 5.26 Å². The number of aliphatic hydroxyl groups is 1. The predicted octanol–water partition coefficient (Wildman–Crippen LogP) is 1.52. The molecule has 0 aromatic carbocycles. The minimum absolute atomic E-state index is 0.342. The first-order valence-electron chi connectivity index (χ1n) is 3.58. The minimum atomic E-state index is -3.10. The van der Waals surface area contributed by atoms with Crippen molar-refractivity contribution in [1.29, 1.82) is 5.26 Å². The van der Waals surface area contributed by atoms with Crippen molar-refractivity contribution in [3.8, 4) is 6.07 Å². The maximum atomic E-state index is 13.0. The number of aliphatic hydroxyl groups excluding tert-OH is 1. The lowest BCUT2D eigenvalue weighted by molar-refractivity contribution is 0.139. The quantitative estimate of drug-likeness (QED) is 0.790. The molecule has 1 heterocycles. The highest BCUT2D eigenvalue weighted by molar-refractivity contribution is 5.30. The van der Waals surface area contributed by atoms with Crippen LogP contribution in [-0.2, 0) is 6.61 Å². The Morgan fingerprint density at radius 1 is 1.57 bits per heavy atom. The van der Waals surface area contributed by atoms with E-state index in [0.717, 1.165) is 6.07 Å². The van der Waals surface area contributed by atoms with E-state index in [9.17, 15) is 13.2 Å². The van der Waals surface area contributed by atoms with Crippen LogP contribution in [0.15, 0.2) is 6.07 Å². The van der Waals surface area contributed by atoms with E-state index in [4.69, 9.17) is 10.4 Å². The SMILES string of the molecule is N#Cc1cc(CO)c(F)c(C(F)F)n1. The molecule has 14 heavy (non-hydrogen) atoms. The molecule has 74 valence electrons. The molecule has 0 amide bonds. The van der Waals surface area contributed by atoms with Crippen LogP contribution in [-0.4, -0.2) is 10.1 Å². The van der Waals surface area contributed by atoms with Gasteiger partial charge in [0.15, 0.2) is 5.82 Å². The molecule has 1 aromatic rings. The minimum Gasteiger partial charge on any atom is -0.392 e. The van der Waals surface area contributed by atoms with Crippen LogP contribution in [0.1, 0.15) is 23.4 Å². The average Bonchev–Trinajstić information content (AvgIpc) is 2.17. The Kier molecular flexibility index (Phi) is 3.04. The lowest BCUT2D eigenvalue weighted by Gasteiger charge is -2.05. The molecule has 0 radical (unpaired) electrons. The van der Waals surface area contributed by atoms with Crippen molar-refractivity contribution < 1.29 is 18.3 Å². The number of alkyl halides is 2. The molecule has 0 spiro atoms. The third kappa shape index (κ3) is 1.83. The summed E-state index contributed by atoms with van der Waals surface area (Å²) in [6.45, 7) is -0.747. The van der Waals surface area contributed by atoms with Crippen LogP contribution in [0.3, 0.4) is 0 Å². The molecule has 0 bridgehead atoms. The van der Waals surface area contributed by atoms with Gasteiger partial charge in [0.1, 0.15) is 17.5 Å². The van der Waals surface area contributed by atoms with E-state index < -0.39 is 24.5 Å². The number of pyridine rings is 1. The van der Waals surface area contributed by atoms with E-state index in [-0.39, 0.29) is 11.3 Å². The van der Waals surface area contributed by atoms with Crippen LogP contribution in [0.5, 0.6) is 0 Å². The van der Waals surface area contributed by atoms with Crippen molar-refractivity contribution in [3.05, 3.63) is 28.8 Å². The summed E-state index contributed by atoms with van der Waals surface area (Å²) >= 11 is 0. The Morgan fingerprint density at radius 2 is 2.21 bits per heavy atom. The number of halogens is 3. The van der Waals surface area contributed by atoms with Gasteiger partial charge in [-0.05, 0) is 6.07 Å². The number of nitriles is 1. The van der Waals surface area contributed by atoms with E-state index in [0.29, 0.717) is 0 Å². The number of hydrogen-bond acceptors (Lipinski definition) is 3. The molecule has 0 aliphatic heterocycles. The fourth-order valence-electron chi connectivity index (χ4n) is 0.921. The summed E-state index contributed by atoms with van der Waals surface area (Å²) in [5, 5.41) is 17.0. The second kappa shape index (κ2) is 4.07. The van der Waals surface area contributed by atoms with Crippen LogP contribution < -0.4 is 0 Å². The van der Waals surface area contributed by atoms with Crippen LogP contribution in [0.25, 0.3) is 0 Å². The summed E-state index contributed by atoms with van der Waals surface area (Å²) < 4.78 is 37.4. The Balaban J connectivity index is 3.36. The van der Waals surface area contributed by atoms with Gasteiger partial charge in [0.2, 0.25) is 0 Å². The van der Waals surface area contributed by atoms with E-state index in [1.807, 2.05) is 0 Å². The smallest absolute Gasteiger partial charge is 0.283 e. The summed E-state index contributed by atoms with van der Waals surface area (Å²) in [5.74, 6) is -1.26. The molecule has 0 saturated carbocycles. The molecule has 1 rings (SSSR count). The van der Waals surface area contributed by atoms with E-state index in [1.165, 1.54) is 6.07 Å². The van der Waals surface area contributed by atoms with Gasteiger partial charge < -0.3 is 5.11 Å². The molecule has 0 unspecified atom stereocenters. The van der Waals surface area contributed by atoms with Gasteiger partial charge in [0.25, 0.3) is 6.43 Å². The molecule has 3 nitrogen and oxygen atoms in total. The summed E-state index contributed by atoms with van der Waals surface area (Å²) in [4.78, 5) is 3.10. The lowest BCUT2D eigenvalue weighted by Crippen LogP contribution is -2.03. The number of aromatic nitrogens is 1. The maximum Gasteiger partial charge on any atom is 0.283 e. The topological polar surface area (TPSA) is 56.9 Å². The third-order valence-corrected chi connectivity index (χ3v) is 1.55. The van der Waals surface area contributed by atoms with E-state index in [1.54, 1.807) is 0 Å². The number of nitrogens with zero attached hydrogens (tertiary/aromatic N) is 2. The van der Waals surface area contributed by atoms with Crippen molar-refractivity contribution in [3.63, 3.8) is 0 Å². The normalized spacial score (nSPS) is 10.3. The zero-order valence-corrected chi connectivity index (χ0v) is 6.84. The third-order valence-electron chi connectivity index (χ3n) is 1.55. The van der Waals surface area contributed by atoms with Gasteiger partial charge in [0, 0.05) is 5.56 Å². The zero-order valence-electron chi connectivity index (χ0n) is 6.84. The first-order chi connectivity index (χ1) is 6.60. The first-order valence-corrected chi connectivity index (χ1v) is 3.58. The maximum absolute atomic E-state index is 13.0. The summed E-state index contributed by atoms with van der Waals surface area (Å²) in [6, 6.07) is 2.43. The van der Waals surface area contributed by atoms with Gasteiger partial charge in [-0.1, -0.05) is 0 Å². The number of rotatable bonds is 2. The molecule has 0 fully saturated rings. The van der Waals surface area contributed by atoms with Gasteiger partial charge >= 0.3 is 0 Å². The van der Waals surface area contributed by atoms with Gasteiger partial charge in [-0.3, -0.25) is 0 Å². The summed E-state index contributed by atoms with van der Waals surface area (Å²) in [5.41, 5.74) is -1.80. The van der Waals surface area contributed by atoms with Crippen LogP contribution >= 0.6 is 0 Å². The average molecular weight is 202 g/mol. The molecule has 0 atom stereocenters. The standard InChI is InChI=1S/C8H5F3N2O/c9-6-4(3-14)1-5(2-12)13-7(6)8(10)11/h1,8,14H,3H2. The largest absolute Gasteiger partial charge is 0.392 e. The van der Waals surface area contributed by atoms with Crippen molar-refractivity contribution in [2.45, 2.75) is 13.0 Å². The molecular formula is C8H5F3N2O. The highest BCUT2D eigenvalue weighted by Crippen LogP contribution is 2.22. The van der Waals surface area contributed by atoms with Crippen molar-refractivity contribution in [2.75, 3.05) is 0 Å². The highest BCUT2D eigenvalue weighted by atomic mass is 19.3. The molecular weight excluding hydrogens is 197 g/mol. The van der Waals surface area contributed by atoms with E-state index in [2.05, 4.69) is 4.98 Å². The van der Waals surface area contributed by atoms with Crippen molar-refractivity contribution >= 4 is 0 Å². The second-order valence-electron chi connectivity index (χ2n) is 2.44. The molecule has 1 aromatic heterocycles. The number of hydrogen-bond donors (Lipinski definition) is 1. The van der Waals surface area contributed by atoms with Gasteiger partial charge in [-0.15, -0.1) is 0 Å². The van der Waals surface area contributed by atoms with E-state index >= 15 is 0 Å². The lowest BCUT2D eigenvalue weighted by atomic mass is 10.2. The Hall–Kier alpha value is -1.61. The molecule has 0 aliphatic carbocycles. The van der Waals surface area contributed by atoms with Crippen LogP contribution in [0.2, 0.25) is 0 Å². The van der Waals surface area contributed by atoms with Crippen molar-refractivity contribution in [1.82, 2.24) is 4.98 Å². The predicted molar refractivity (Wildman–Crippen MR) is 39.8 cm³/mol. The van der Waals surface area contributed by atoms with Crippen molar-refractivity contribution in [2.24, 2.45) is 0 Å². The van der Waals surface area contributed by atoms with Crippen LogP contribution in [0, 0.1) is 17.1 Å². The monoisotopic (exact) mass is 202 g/mol. The molecule has 0 aliphatic rings.